The van der Waals surface area contributed by atoms with Gasteiger partial charge in [-0.1, -0.05) is 48.5 Å². The molecule has 5 nitrogen and oxygen atoms in total. The largest absolute Gasteiger partial charge is 0.481 e. The quantitative estimate of drug-likeness (QED) is 0.335. The first kappa shape index (κ1) is 18.0. The Morgan fingerprint density at radius 1 is 1.08 bits per heavy atom. The number of rotatable bonds is 7. The van der Waals surface area contributed by atoms with Crippen LogP contribution in [0.25, 0.3) is 6.08 Å². The molecule has 0 aliphatic carbocycles. The van der Waals surface area contributed by atoms with Crippen LogP contribution in [0.3, 0.4) is 0 Å². The lowest BCUT2D eigenvalue weighted by Crippen LogP contribution is -2.15. The molecule has 5 heteroatoms. The van der Waals surface area contributed by atoms with Crippen molar-refractivity contribution in [1.29, 1.82) is 5.26 Å². The number of nitriles is 1. The molecule has 0 heterocycles. The summed E-state index contributed by atoms with van der Waals surface area (Å²) < 4.78 is 10.3. The molecule has 0 fully saturated rings. The highest BCUT2D eigenvalue weighted by Gasteiger charge is 2.13. The van der Waals surface area contributed by atoms with Crippen molar-refractivity contribution in [3.63, 3.8) is 0 Å². The van der Waals surface area contributed by atoms with E-state index in [1.807, 2.05) is 6.07 Å². The minimum absolute atomic E-state index is 0.0154. The smallest absolute Gasteiger partial charge is 0.344 e. The van der Waals surface area contributed by atoms with Crippen molar-refractivity contribution in [2.24, 2.45) is 0 Å². The van der Waals surface area contributed by atoms with Crippen molar-refractivity contribution >= 4 is 17.8 Å². The molecule has 0 spiro atoms. The summed E-state index contributed by atoms with van der Waals surface area (Å²) in [6, 6.07) is 17.3. The van der Waals surface area contributed by atoms with E-state index in [9.17, 15) is 14.9 Å². The fraction of sp³-hybridized carbons (Fsp3) is 0.150. The number of Topliss-reactive ketones (excluding diaryl/α,β-unsaturated/α-hetero) is 1. The van der Waals surface area contributed by atoms with E-state index in [0.29, 0.717) is 16.9 Å². The van der Waals surface area contributed by atoms with E-state index >= 15 is 0 Å². The summed E-state index contributed by atoms with van der Waals surface area (Å²) in [5.41, 5.74) is 0.950. The van der Waals surface area contributed by atoms with Crippen LogP contribution in [0.4, 0.5) is 0 Å². The first-order chi connectivity index (χ1) is 12.2. The number of carbonyl (C=O) groups excluding carboxylic acids is 2. The Kier molecular flexibility index (Phi) is 6.49. The van der Waals surface area contributed by atoms with E-state index in [0.717, 1.165) is 0 Å². The minimum Gasteiger partial charge on any atom is -0.481 e. The summed E-state index contributed by atoms with van der Waals surface area (Å²) in [7, 11) is 0. The second-order valence-electron chi connectivity index (χ2n) is 5.00. The molecule has 0 aliphatic heterocycles. The average Bonchev–Trinajstić information content (AvgIpc) is 2.65. The molecule has 0 amide bonds. The number of allylic oxidation sites excluding steroid dienone is 1. The van der Waals surface area contributed by atoms with Gasteiger partial charge in [0.15, 0.2) is 6.61 Å². The van der Waals surface area contributed by atoms with E-state index in [1.165, 1.54) is 6.08 Å². The van der Waals surface area contributed by atoms with Crippen molar-refractivity contribution in [3.05, 3.63) is 71.3 Å². The lowest BCUT2D eigenvalue weighted by molar-refractivity contribution is -0.145. The fourth-order valence-electron chi connectivity index (χ4n) is 2.12. The Morgan fingerprint density at radius 3 is 2.44 bits per heavy atom. The van der Waals surface area contributed by atoms with Crippen molar-refractivity contribution < 1.29 is 19.1 Å². The van der Waals surface area contributed by atoms with Crippen LogP contribution in [-0.4, -0.2) is 25.0 Å². The van der Waals surface area contributed by atoms with E-state index in [1.54, 1.807) is 61.5 Å². The maximum Gasteiger partial charge on any atom is 0.344 e. The van der Waals surface area contributed by atoms with Crippen LogP contribution >= 0.6 is 0 Å². The normalized spacial score (nSPS) is 10.6. The molecule has 0 atom stereocenters. The van der Waals surface area contributed by atoms with Crippen LogP contribution in [0.1, 0.15) is 22.8 Å². The summed E-state index contributed by atoms with van der Waals surface area (Å²) >= 11 is 0. The highest BCUT2D eigenvalue weighted by Crippen LogP contribution is 2.22. The number of esters is 1. The number of ether oxygens (including phenoxy) is 2. The molecule has 0 saturated carbocycles. The number of benzene rings is 2. The highest BCUT2D eigenvalue weighted by molar-refractivity contribution is 6.14. The summed E-state index contributed by atoms with van der Waals surface area (Å²) in [4.78, 5) is 23.9. The zero-order valence-electron chi connectivity index (χ0n) is 13.8. The third-order valence-electron chi connectivity index (χ3n) is 3.27. The van der Waals surface area contributed by atoms with Crippen LogP contribution in [-0.2, 0) is 9.53 Å². The van der Waals surface area contributed by atoms with Crippen LogP contribution < -0.4 is 4.74 Å². The molecule has 0 saturated heterocycles. The summed E-state index contributed by atoms with van der Waals surface area (Å²) in [5.74, 6) is -0.463. The van der Waals surface area contributed by atoms with Crippen molar-refractivity contribution in [3.8, 4) is 11.8 Å². The number of carbonyl (C=O) groups is 2. The van der Waals surface area contributed by atoms with Gasteiger partial charge in [-0.15, -0.1) is 0 Å². The maximum atomic E-state index is 12.4. The maximum absolute atomic E-state index is 12.4. The second kappa shape index (κ2) is 9.04. The van der Waals surface area contributed by atoms with Crippen LogP contribution in [0.5, 0.6) is 5.75 Å². The first-order valence-corrected chi connectivity index (χ1v) is 7.74. The molecule has 0 radical (unpaired) electrons. The zero-order chi connectivity index (χ0) is 18.1. The number of hydrogen-bond donors (Lipinski definition) is 0. The first-order valence-electron chi connectivity index (χ1n) is 7.74. The third kappa shape index (κ3) is 5.05. The predicted octanol–water partition coefficient (Wildman–Crippen LogP) is 3.42. The van der Waals surface area contributed by atoms with E-state index in [-0.39, 0.29) is 24.6 Å². The molecule has 0 unspecified atom stereocenters. The third-order valence-corrected chi connectivity index (χ3v) is 3.27. The van der Waals surface area contributed by atoms with Crippen molar-refractivity contribution in [2.45, 2.75) is 6.92 Å². The summed E-state index contributed by atoms with van der Waals surface area (Å²) in [6.45, 7) is 1.74. The lowest BCUT2D eigenvalue weighted by atomic mass is 10.0. The number of para-hydroxylation sites is 1. The van der Waals surface area contributed by atoms with Gasteiger partial charge in [0.25, 0.3) is 0 Å². The van der Waals surface area contributed by atoms with E-state index in [2.05, 4.69) is 0 Å². The van der Waals surface area contributed by atoms with Gasteiger partial charge in [0.1, 0.15) is 17.4 Å². The standard InChI is InChI=1S/C20H17NO4/c1-2-24-19(22)14-25-18-11-7-6-10-16(18)12-17(13-21)20(23)15-8-4-3-5-9-15/h3-12H,2,14H2,1H3. The predicted molar refractivity (Wildman–Crippen MR) is 92.9 cm³/mol. The van der Waals surface area contributed by atoms with Gasteiger partial charge in [0.05, 0.1) is 6.61 Å². The monoisotopic (exact) mass is 335 g/mol. The lowest BCUT2D eigenvalue weighted by Gasteiger charge is -2.09. The second-order valence-corrected chi connectivity index (χ2v) is 5.00. The van der Waals surface area contributed by atoms with Gasteiger partial charge >= 0.3 is 5.97 Å². The Bertz CT molecular complexity index is 819. The molecule has 0 N–H and O–H groups in total. The number of hydrogen-bond acceptors (Lipinski definition) is 5. The van der Waals surface area contributed by atoms with Crippen LogP contribution in [0, 0.1) is 11.3 Å². The Hall–Kier alpha value is -3.39. The number of ketones is 1. The van der Waals surface area contributed by atoms with Gasteiger partial charge < -0.3 is 9.47 Å². The van der Waals surface area contributed by atoms with Gasteiger partial charge in [-0.05, 0) is 19.1 Å². The Balaban J connectivity index is 2.25. The van der Waals surface area contributed by atoms with Gasteiger partial charge in [0, 0.05) is 11.1 Å². The molecule has 2 aromatic rings. The topological polar surface area (TPSA) is 76.4 Å². The van der Waals surface area contributed by atoms with E-state index in [4.69, 9.17) is 9.47 Å². The van der Waals surface area contributed by atoms with Crippen LogP contribution in [0.2, 0.25) is 0 Å². The molecule has 2 rings (SSSR count). The van der Waals surface area contributed by atoms with Crippen molar-refractivity contribution in [1.82, 2.24) is 0 Å². The summed E-state index contributed by atoms with van der Waals surface area (Å²) in [5, 5.41) is 9.34. The summed E-state index contributed by atoms with van der Waals surface area (Å²) in [6.07, 6.45) is 1.45. The van der Waals surface area contributed by atoms with Crippen molar-refractivity contribution in [2.75, 3.05) is 13.2 Å². The minimum atomic E-state index is -0.484. The zero-order valence-corrected chi connectivity index (χ0v) is 13.8. The Labute approximate surface area is 146 Å². The molecular weight excluding hydrogens is 318 g/mol. The SMILES string of the molecule is CCOC(=O)COc1ccccc1C=C(C#N)C(=O)c1ccccc1. The fourth-order valence-corrected chi connectivity index (χ4v) is 2.12. The molecule has 25 heavy (non-hydrogen) atoms. The Morgan fingerprint density at radius 2 is 1.76 bits per heavy atom. The average molecular weight is 335 g/mol. The van der Waals surface area contributed by atoms with Gasteiger partial charge in [-0.2, -0.15) is 5.26 Å². The van der Waals surface area contributed by atoms with Gasteiger partial charge in [-0.3, -0.25) is 4.79 Å². The molecular formula is C20H17NO4. The number of nitrogens with zero attached hydrogens (tertiary/aromatic N) is 1. The van der Waals surface area contributed by atoms with Crippen LogP contribution in [0.15, 0.2) is 60.2 Å². The van der Waals surface area contributed by atoms with E-state index < -0.39 is 5.97 Å². The van der Waals surface area contributed by atoms with Gasteiger partial charge in [0.2, 0.25) is 5.78 Å². The molecule has 126 valence electrons. The molecule has 0 aliphatic rings. The van der Waals surface area contributed by atoms with Gasteiger partial charge in [-0.25, -0.2) is 4.79 Å². The molecule has 0 aromatic heterocycles. The highest BCUT2D eigenvalue weighted by atomic mass is 16.6. The molecule has 2 aromatic carbocycles. The molecule has 0 bridgehead atoms.